The molecule has 34 heavy (non-hydrogen) atoms. The Bertz CT molecular complexity index is 1270. The Labute approximate surface area is 206 Å². The van der Waals surface area contributed by atoms with Crippen LogP contribution in [0.25, 0.3) is 0 Å². The van der Waals surface area contributed by atoms with E-state index in [0.29, 0.717) is 34.1 Å². The van der Waals surface area contributed by atoms with Gasteiger partial charge in [-0.05, 0) is 79.4 Å². The summed E-state index contributed by atoms with van der Waals surface area (Å²) in [4.78, 5) is 12.7. The lowest BCUT2D eigenvalue weighted by Crippen LogP contribution is -2.32. The van der Waals surface area contributed by atoms with Crippen molar-refractivity contribution in [2.75, 3.05) is 22.5 Å². The number of nitrogens with zero attached hydrogens (tertiary/aromatic N) is 1. The first-order valence-electron chi connectivity index (χ1n) is 11.0. The lowest BCUT2D eigenvalue weighted by Gasteiger charge is -2.25. The molecular formula is C26H29ClN2O4S. The van der Waals surface area contributed by atoms with E-state index in [1.807, 2.05) is 39.0 Å². The molecule has 0 heterocycles. The predicted molar refractivity (Wildman–Crippen MR) is 139 cm³/mol. The third kappa shape index (κ3) is 6.10. The van der Waals surface area contributed by atoms with E-state index in [1.165, 1.54) is 11.4 Å². The number of amides is 1. The second-order valence-electron chi connectivity index (χ2n) is 8.09. The summed E-state index contributed by atoms with van der Waals surface area (Å²) in [5.41, 5.74) is 4.48. The van der Waals surface area contributed by atoms with Gasteiger partial charge in [-0.3, -0.25) is 9.10 Å². The van der Waals surface area contributed by atoms with Gasteiger partial charge in [0.25, 0.3) is 5.91 Å². The number of rotatable bonds is 9. The predicted octanol–water partition coefficient (Wildman–Crippen LogP) is 5.96. The van der Waals surface area contributed by atoms with Gasteiger partial charge < -0.3 is 10.1 Å². The van der Waals surface area contributed by atoms with Gasteiger partial charge in [0.15, 0.2) is 0 Å². The lowest BCUT2D eigenvalue weighted by molar-refractivity contribution is 0.102. The maximum Gasteiger partial charge on any atom is 0.259 e. The molecule has 0 radical (unpaired) electrons. The zero-order valence-corrected chi connectivity index (χ0v) is 21.3. The Balaban J connectivity index is 1.82. The lowest BCUT2D eigenvalue weighted by atomic mass is 10.1. The Hall–Kier alpha value is -3.03. The summed E-state index contributed by atoms with van der Waals surface area (Å²) < 4.78 is 32.8. The molecule has 6 nitrogen and oxygen atoms in total. The summed E-state index contributed by atoms with van der Waals surface area (Å²) in [7, 11) is -2.00. The number of anilines is 2. The molecule has 0 saturated carbocycles. The van der Waals surface area contributed by atoms with Crippen LogP contribution in [-0.2, 0) is 16.6 Å². The number of ether oxygens (including phenoxy) is 1. The van der Waals surface area contributed by atoms with Gasteiger partial charge in [0.05, 0.1) is 30.7 Å². The second kappa shape index (κ2) is 10.9. The molecule has 0 fully saturated rings. The monoisotopic (exact) mass is 500 g/mol. The molecule has 0 spiro atoms. The average molecular weight is 501 g/mol. The fourth-order valence-corrected chi connectivity index (χ4v) is 5.20. The standard InChI is InChI=1S/C26H29ClN2O4S/c1-5-14-34(31,32)29(23-12-6-18(2)19(3)15-23)17-20-7-10-22(11-8-20)28-26(30)24-16-21(27)9-13-25(24)33-4/h6-13,15-16H,5,14,17H2,1-4H3,(H,28,30). The Morgan fingerprint density at radius 3 is 2.32 bits per heavy atom. The SMILES string of the molecule is CCCS(=O)(=O)N(Cc1ccc(NC(=O)c2cc(Cl)ccc2OC)cc1)c1ccc(C)c(C)c1. The Morgan fingerprint density at radius 1 is 1.00 bits per heavy atom. The van der Waals surface area contributed by atoms with E-state index in [4.69, 9.17) is 16.3 Å². The summed E-state index contributed by atoms with van der Waals surface area (Å²) in [5.74, 6) is 0.133. The number of sulfonamides is 1. The molecule has 0 bridgehead atoms. The minimum Gasteiger partial charge on any atom is -0.496 e. The zero-order chi connectivity index (χ0) is 24.9. The highest BCUT2D eigenvalue weighted by Gasteiger charge is 2.22. The van der Waals surface area contributed by atoms with Crippen LogP contribution in [0.3, 0.4) is 0 Å². The third-order valence-corrected chi connectivity index (χ3v) is 7.69. The van der Waals surface area contributed by atoms with Gasteiger partial charge in [-0.2, -0.15) is 0 Å². The first-order chi connectivity index (χ1) is 16.1. The van der Waals surface area contributed by atoms with Crippen LogP contribution in [-0.4, -0.2) is 27.2 Å². The second-order valence-corrected chi connectivity index (χ2v) is 10.5. The maximum atomic E-state index is 13.0. The number of halogens is 1. The van der Waals surface area contributed by atoms with Gasteiger partial charge >= 0.3 is 0 Å². The summed E-state index contributed by atoms with van der Waals surface area (Å²) >= 11 is 6.03. The number of hydrogen-bond donors (Lipinski definition) is 1. The Morgan fingerprint density at radius 2 is 1.71 bits per heavy atom. The van der Waals surface area contributed by atoms with Crippen molar-refractivity contribution in [2.24, 2.45) is 0 Å². The number of methoxy groups -OCH3 is 1. The molecule has 3 aromatic carbocycles. The number of hydrogen-bond acceptors (Lipinski definition) is 4. The van der Waals surface area contributed by atoms with Crippen LogP contribution in [0.15, 0.2) is 60.7 Å². The van der Waals surface area contributed by atoms with Crippen LogP contribution in [0.4, 0.5) is 11.4 Å². The molecule has 0 aliphatic heterocycles. The smallest absolute Gasteiger partial charge is 0.259 e. The molecule has 3 rings (SSSR count). The number of benzene rings is 3. The fourth-order valence-electron chi connectivity index (χ4n) is 3.51. The molecule has 0 unspecified atom stereocenters. The zero-order valence-electron chi connectivity index (χ0n) is 19.8. The number of carbonyl (C=O) groups is 1. The largest absolute Gasteiger partial charge is 0.496 e. The summed E-state index contributed by atoms with van der Waals surface area (Å²) in [6.07, 6.45) is 0.529. The average Bonchev–Trinajstić information content (AvgIpc) is 2.80. The molecule has 0 saturated heterocycles. The highest BCUT2D eigenvalue weighted by atomic mass is 35.5. The van der Waals surface area contributed by atoms with E-state index >= 15 is 0 Å². The molecule has 0 aliphatic rings. The van der Waals surface area contributed by atoms with E-state index < -0.39 is 10.0 Å². The summed E-state index contributed by atoms with van der Waals surface area (Å²) in [5, 5.41) is 3.26. The van der Waals surface area contributed by atoms with Crippen LogP contribution in [0.1, 0.15) is 40.4 Å². The van der Waals surface area contributed by atoms with Crippen LogP contribution < -0.4 is 14.4 Å². The van der Waals surface area contributed by atoms with Crippen LogP contribution in [0.5, 0.6) is 5.75 Å². The first kappa shape index (κ1) is 25.6. The molecule has 0 aliphatic carbocycles. The molecule has 0 aromatic heterocycles. The fraction of sp³-hybridized carbons (Fsp3) is 0.269. The Kier molecular flexibility index (Phi) is 8.23. The van der Waals surface area contributed by atoms with E-state index in [1.54, 1.807) is 42.5 Å². The van der Waals surface area contributed by atoms with Gasteiger partial charge in [0, 0.05) is 10.7 Å². The van der Waals surface area contributed by atoms with Gasteiger partial charge in [-0.25, -0.2) is 8.42 Å². The summed E-state index contributed by atoms with van der Waals surface area (Å²) in [6.45, 7) is 6.01. The van der Waals surface area contributed by atoms with Gasteiger partial charge in [0.2, 0.25) is 10.0 Å². The van der Waals surface area contributed by atoms with Crippen LogP contribution in [0, 0.1) is 13.8 Å². The minimum atomic E-state index is -3.49. The van der Waals surface area contributed by atoms with Crippen molar-refractivity contribution >= 4 is 38.9 Å². The van der Waals surface area contributed by atoms with E-state index in [-0.39, 0.29) is 18.2 Å². The molecule has 3 aromatic rings. The van der Waals surface area contributed by atoms with Crippen LogP contribution >= 0.6 is 11.6 Å². The van der Waals surface area contributed by atoms with Crippen LogP contribution in [0.2, 0.25) is 5.02 Å². The number of carbonyl (C=O) groups excluding carboxylic acids is 1. The molecule has 8 heteroatoms. The first-order valence-corrected chi connectivity index (χ1v) is 12.9. The molecule has 180 valence electrons. The molecule has 0 atom stereocenters. The van der Waals surface area contributed by atoms with Crippen molar-refractivity contribution in [3.63, 3.8) is 0 Å². The van der Waals surface area contributed by atoms with Crippen molar-refractivity contribution in [3.8, 4) is 5.75 Å². The van der Waals surface area contributed by atoms with Crippen molar-refractivity contribution in [1.29, 1.82) is 0 Å². The van der Waals surface area contributed by atoms with Gasteiger partial charge in [-0.1, -0.05) is 36.7 Å². The molecular weight excluding hydrogens is 472 g/mol. The van der Waals surface area contributed by atoms with Crippen molar-refractivity contribution in [1.82, 2.24) is 0 Å². The normalized spacial score (nSPS) is 11.2. The number of nitrogens with one attached hydrogen (secondary N) is 1. The highest BCUT2D eigenvalue weighted by molar-refractivity contribution is 7.92. The topological polar surface area (TPSA) is 75.7 Å². The quantitative estimate of drug-likeness (QED) is 0.393. The molecule has 1 amide bonds. The van der Waals surface area contributed by atoms with Gasteiger partial charge in [-0.15, -0.1) is 0 Å². The maximum absolute atomic E-state index is 13.0. The highest BCUT2D eigenvalue weighted by Crippen LogP contribution is 2.26. The van der Waals surface area contributed by atoms with E-state index in [0.717, 1.165) is 16.7 Å². The van der Waals surface area contributed by atoms with E-state index in [9.17, 15) is 13.2 Å². The molecule has 1 N–H and O–H groups in total. The van der Waals surface area contributed by atoms with Crippen molar-refractivity contribution in [2.45, 2.75) is 33.7 Å². The summed E-state index contributed by atoms with van der Waals surface area (Å²) in [6, 6.07) is 17.6. The van der Waals surface area contributed by atoms with Crippen molar-refractivity contribution in [3.05, 3.63) is 87.9 Å². The van der Waals surface area contributed by atoms with E-state index in [2.05, 4.69) is 5.32 Å². The third-order valence-electron chi connectivity index (χ3n) is 5.52. The number of aryl methyl sites for hydroxylation is 2. The van der Waals surface area contributed by atoms with Crippen molar-refractivity contribution < 1.29 is 17.9 Å². The van der Waals surface area contributed by atoms with Gasteiger partial charge in [0.1, 0.15) is 5.75 Å². The minimum absolute atomic E-state index is 0.0650.